The predicted octanol–water partition coefficient (Wildman–Crippen LogP) is 3.20. The lowest BCUT2D eigenvalue weighted by Gasteiger charge is -2.14. The summed E-state index contributed by atoms with van der Waals surface area (Å²) in [6.07, 6.45) is 0.647. The highest BCUT2D eigenvalue weighted by molar-refractivity contribution is 5.89. The number of nitrogens with zero attached hydrogens (tertiary/aromatic N) is 2. The van der Waals surface area contributed by atoms with E-state index in [2.05, 4.69) is 11.1 Å². The Morgan fingerprint density at radius 1 is 1.09 bits per heavy atom. The Hall–Kier alpha value is -2.90. The first-order valence-electron chi connectivity index (χ1n) is 6.84. The van der Waals surface area contributed by atoms with Gasteiger partial charge in [0.1, 0.15) is 17.9 Å². The van der Waals surface area contributed by atoms with E-state index in [9.17, 15) is 10.4 Å². The van der Waals surface area contributed by atoms with E-state index in [-0.39, 0.29) is 0 Å². The fourth-order valence-electron chi connectivity index (χ4n) is 2.47. The van der Waals surface area contributed by atoms with Crippen molar-refractivity contribution in [2.24, 2.45) is 0 Å². The maximum atomic E-state index is 10.6. The van der Waals surface area contributed by atoms with Crippen molar-refractivity contribution >= 4 is 10.8 Å². The molecule has 0 aliphatic heterocycles. The van der Waals surface area contributed by atoms with Crippen molar-refractivity contribution in [3.05, 3.63) is 71.5 Å². The number of methoxy groups -OCH3 is 1. The van der Waals surface area contributed by atoms with E-state index >= 15 is 0 Å². The van der Waals surface area contributed by atoms with Gasteiger partial charge in [-0.15, -0.1) is 0 Å². The molecule has 0 amide bonds. The molecule has 0 bridgehead atoms. The lowest BCUT2D eigenvalue weighted by Crippen LogP contribution is -2.04. The van der Waals surface area contributed by atoms with Gasteiger partial charge in [-0.05, 0) is 17.7 Å². The molecule has 0 fully saturated rings. The second kappa shape index (κ2) is 5.84. The number of rotatable bonds is 3. The van der Waals surface area contributed by atoms with E-state index in [1.807, 2.05) is 24.3 Å². The molecule has 1 atom stereocenters. The van der Waals surface area contributed by atoms with Crippen molar-refractivity contribution in [1.82, 2.24) is 4.98 Å². The lowest BCUT2D eigenvalue weighted by atomic mass is 9.99. The Morgan fingerprint density at radius 3 is 2.41 bits per heavy atom. The van der Waals surface area contributed by atoms with E-state index in [0.29, 0.717) is 11.3 Å². The maximum Gasteiger partial charge on any atom is 0.122 e. The van der Waals surface area contributed by atoms with Crippen LogP contribution in [0.25, 0.3) is 10.8 Å². The number of aromatic nitrogens is 1. The predicted molar refractivity (Wildman–Crippen MR) is 83.5 cm³/mol. The van der Waals surface area contributed by atoms with Gasteiger partial charge in [-0.25, -0.2) is 0 Å². The molecule has 0 radical (unpaired) electrons. The molecule has 0 saturated heterocycles. The third-order valence-corrected chi connectivity index (χ3v) is 3.64. The number of aliphatic hydroxyl groups is 1. The zero-order chi connectivity index (χ0) is 15.5. The number of fused-ring (bicyclic) bond motifs is 1. The van der Waals surface area contributed by atoms with Crippen LogP contribution in [0.15, 0.2) is 54.7 Å². The average Bonchev–Trinajstić information content (AvgIpc) is 2.60. The van der Waals surface area contributed by atoms with Gasteiger partial charge in [0.2, 0.25) is 0 Å². The van der Waals surface area contributed by atoms with Crippen molar-refractivity contribution in [3.63, 3.8) is 0 Å². The molecule has 3 rings (SSSR count). The van der Waals surface area contributed by atoms with Crippen LogP contribution in [-0.2, 0) is 0 Å². The maximum absolute atomic E-state index is 10.6. The van der Waals surface area contributed by atoms with Gasteiger partial charge in [0, 0.05) is 17.0 Å². The summed E-state index contributed by atoms with van der Waals surface area (Å²) in [7, 11) is 1.60. The van der Waals surface area contributed by atoms with Gasteiger partial charge in [0.05, 0.1) is 18.4 Å². The molecular weight excluding hydrogens is 276 g/mol. The normalized spacial score (nSPS) is 11.9. The second-order valence-electron chi connectivity index (χ2n) is 4.89. The third-order valence-electron chi connectivity index (χ3n) is 3.64. The molecule has 0 aliphatic carbocycles. The summed E-state index contributed by atoms with van der Waals surface area (Å²) < 4.78 is 5.12. The Balaban J connectivity index is 2.11. The van der Waals surface area contributed by atoms with Crippen LogP contribution in [-0.4, -0.2) is 17.2 Å². The van der Waals surface area contributed by atoms with Gasteiger partial charge < -0.3 is 9.84 Å². The number of nitriles is 1. The molecule has 108 valence electrons. The van der Waals surface area contributed by atoms with Crippen molar-refractivity contribution in [3.8, 4) is 11.8 Å². The molecule has 4 nitrogen and oxygen atoms in total. The summed E-state index contributed by atoms with van der Waals surface area (Å²) in [5, 5.41) is 21.4. The van der Waals surface area contributed by atoms with Gasteiger partial charge in [-0.1, -0.05) is 36.4 Å². The van der Waals surface area contributed by atoms with Crippen LogP contribution >= 0.6 is 0 Å². The van der Waals surface area contributed by atoms with Gasteiger partial charge >= 0.3 is 0 Å². The van der Waals surface area contributed by atoms with Crippen LogP contribution in [0.5, 0.6) is 5.75 Å². The van der Waals surface area contributed by atoms with Crippen LogP contribution < -0.4 is 4.74 Å². The summed E-state index contributed by atoms with van der Waals surface area (Å²) in [6.45, 7) is 0. The molecule has 0 saturated carbocycles. The largest absolute Gasteiger partial charge is 0.497 e. The molecule has 4 heteroatoms. The number of ether oxygens (including phenoxy) is 1. The minimum atomic E-state index is -0.858. The van der Waals surface area contributed by atoms with Crippen LogP contribution in [0.3, 0.4) is 0 Å². The Morgan fingerprint density at radius 2 is 1.77 bits per heavy atom. The first-order valence-corrected chi connectivity index (χ1v) is 6.84. The SMILES string of the molecule is COc1ccc(C(O)c2ncc(C#N)c3ccccc23)cc1. The van der Waals surface area contributed by atoms with Crippen LogP contribution in [0.1, 0.15) is 22.9 Å². The van der Waals surface area contributed by atoms with Crippen molar-refractivity contribution in [2.45, 2.75) is 6.10 Å². The summed E-state index contributed by atoms with van der Waals surface area (Å²) in [5.74, 6) is 0.730. The molecule has 1 unspecified atom stereocenters. The minimum Gasteiger partial charge on any atom is -0.497 e. The molecule has 0 spiro atoms. The van der Waals surface area contributed by atoms with E-state index in [1.165, 1.54) is 6.20 Å². The third kappa shape index (κ3) is 2.39. The van der Waals surface area contributed by atoms with Crippen LogP contribution in [0.4, 0.5) is 0 Å². The van der Waals surface area contributed by atoms with Crippen LogP contribution in [0, 0.1) is 11.3 Å². The molecule has 22 heavy (non-hydrogen) atoms. The summed E-state index contributed by atoms with van der Waals surface area (Å²) in [6, 6.07) is 16.8. The number of aliphatic hydroxyl groups excluding tert-OH is 1. The molecule has 1 heterocycles. The van der Waals surface area contributed by atoms with E-state index in [4.69, 9.17) is 4.74 Å². The quantitative estimate of drug-likeness (QED) is 0.804. The smallest absolute Gasteiger partial charge is 0.122 e. The minimum absolute atomic E-state index is 0.501. The molecular formula is C18H14N2O2. The average molecular weight is 290 g/mol. The van der Waals surface area contributed by atoms with E-state index in [0.717, 1.165) is 22.1 Å². The zero-order valence-corrected chi connectivity index (χ0v) is 12.0. The Bertz CT molecular complexity index is 851. The van der Waals surface area contributed by atoms with Crippen molar-refractivity contribution < 1.29 is 9.84 Å². The standard InChI is InChI=1S/C18H14N2O2/c1-22-14-8-6-12(7-9-14)18(21)17-16-5-3-2-4-15(16)13(10-19)11-20-17/h2-9,11,18,21H,1H3. The number of benzene rings is 2. The number of pyridine rings is 1. The summed E-state index contributed by atoms with van der Waals surface area (Å²) in [5.41, 5.74) is 1.77. The second-order valence-corrected chi connectivity index (χ2v) is 4.89. The van der Waals surface area contributed by atoms with E-state index < -0.39 is 6.10 Å². The monoisotopic (exact) mass is 290 g/mol. The topological polar surface area (TPSA) is 66.1 Å². The fourth-order valence-corrected chi connectivity index (χ4v) is 2.47. The fraction of sp³-hybridized carbons (Fsp3) is 0.111. The highest BCUT2D eigenvalue weighted by Gasteiger charge is 2.16. The van der Waals surface area contributed by atoms with Crippen LogP contribution in [0.2, 0.25) is 0 Å². The molecule has 3 aromatic rings. The molecule has 2 aromatic carbocycles. The highest BCUT2D eigenvalue weighted by atomic mass is 16.5. The molecule has 0 aliphatic rings. The zero-order valence-electron chi connectivity index (χ0n) is 12.0. The summed E-state index contributed by atoms with van der Waals surface area (Å²) in [4.78, 5) is 4.29. The lowest BCUT2D eigenvalue weighted by molar-refractivity contribution is 0.217. The van der Waals surface area contributed by atoms with Gasteiger partial charge in [-0.2, -0.15) is 5.26 Å². The van der Waals surface area contributed by atoms with Crippen molar-refractivity contribution in [1.29, 1.82) is 5.26 Å². The highest BCUT2D eigenvalue weighted by Crippen LogP contribution is 2.29. The summed E-state index contributed by atoms with van der Waals surface area (Å²) >= 11 is 0. The van der Waals surface area contributed by atoms with Gasteiger partial charge in [0.15, 0.2) is 0 Å². The van der Waals surface area contributed by atoms with E-state index in [1.54, 1.807) is 31.4 Å². The van der Waals surface area contributed by atoms with Gasteiger partial charge in [-0.3, -0.25) is 4.98 Å². The van der Waals surface area contributed by atoms with Crippen molar-refractivity contribution in [2.75, 3.05) is 7.11 Å². The number of hydrogen-bond acceptors (Lipinski definition) is 4. The number of hydrogen-bond donors (Lipinski definition) is 1. The Labute approximate surface area is 128 Å². The van der Waals surface area contributed by atoms with Gasteiger partial charge in [0.25, 0.3) is 0 Å². The Kier molecular flexibility index (Phi) is 3.73. The molecule has 1 aromatic heterocycles. The first-order chi connectivity index (χ1) is 10.7. The molecule has 1 N–H and O–H groups in total. The first kappa shape index (κ1) is 14.1.